The van der Waals surface area contributed by atoms with Crippen LogP contribution in [-0.2, 0) is 11.2 Å². The maximum Gasteiger partial charge on any atom is 0.224 e. The normalized spacial score (nSPS) is 18.1. The Morgan fingerprint density at radius 2 is 1.86 bits per heavy atom. The summed E-state index contributed by atoms with van der Waals surface area (Å²) in [7, 11) is 2.18. The zero-order valence-corrected chi connectivity index (χ0v) is 24.4. The van der Waals surface area contributed by atoms with Crippen LogP contribution in [-0.4, -0.2) is 71.2 Å². The number of hydrogen-bond acceptors (Lipinski definition) is 6. The number of hydrogen-bond donors (Lipinski definition) is 2. The zero-order valence-electron chi connectivity index (χ0n) is 24.4. The number of anilines is 2. The third-order valence-electron chi connectivity index (χ3n) is 9.18. The molecule has 1 aliphatic carbocycles. The van der Waals surface area contributed by atoms with E-state index in [1.807, 2.05) is 18.5 Å². The Morgan fingerprint density at radius 1 is 1.00 bits per heavy atom. The summed E-state index contributed by atoms with van der Waals surface area (Å²) in [6.45, 7) is 4.91. The molecule has 1 saturated carbocycles. The first-order chi connectivity index (χ1) is 20.6. The van der Waals surface area contributed by atoms with Gasteiger partial charge in [0.1, 0.15) is 5.65 Å². The molecule has 3 aliphatic rings. The molecule has 216 valence electrons. The van der Waals surface area contributed by atoms with Crippen molar-refractivity contribution in [2.45, 2.75) is 44.9 Å². The van der Waals surface area contributed by atoms with Gasteiger partial charge in [-0.05, 0) is 67.6 Å². The average Bonchev–Trinajstić information content (AvgIpc) is 3.46. The summed E-state index contributed by atoms with van der Waals surface area (Å²) in [5.41, 5.74) is 9.32. The van der Waals surface area contributed by atoms with Gasteiger partial charge in [0.25, 0.3) is 0 Å². The predicted octanol–water partition coefficient (Wildman–Crippen LogP) is 5.68. The fourth-order valence-electron chi connectivity index (χ4n) is 6.79. The molecule has 4 aromatic rings. The third-order valence-corrected chi connectivity index (χ3v) is 9.18. The summed E-state index contributed by atoms with van der Waals surface area (Å²) in [6, 6.07) is 13.0. The molecule has 1 amide bonds. The second-order valence-corrected chi connectivity index (χ2v) is 12.1. The van der Waals surface area contributed by atoms with Gasteiger partial charge in [-0.1, -0.05) is 31.4 Å². The van der Waals surface area contributed by atoms with E-state index in [0.717, 1.165) is 96.8 Å². The molecule has 2 aliphatic heterocycles. The van der Waals surface area contributed by atoms with Crippen LogP contribution in [0.25, 0.3) is 22.2 Å². The Labute approximate surface area is 247 Å². The number of aromatic amines is 1. The lowest BCUT2D eigenvalue weighted by Gasteiger charge is -2.34. The number of benzene rings is 1. The topological polar surface area (TPSA) is 89.5 Å². The van der Waals surface area contributed by atoms with Crippen molar-refractivity contribution < 1.29 is 4.79 Å². The summed E-state index contributed by atoms with van der Waals surface area (Å²) in [5.74, 6) is 0.592. The number of nitrogens with zero attached hydrogens (tertiary/aromatic N) is 5. The van der Waals surface area contributed by atoms with Crippen molar-refractivity contribution in [2.24, 2.45) is 10.9 Å². The van der Waals surface area contributed by atoms with E-state index in [0.29, 0.717) is 12.3 Å². The Hall–Kier alpha value is -4.04. The van der Waals surface area contributed by atoms with Gasteiger partial charge >= 0.3 is 0 Å². The number of H-pyrrole nitrogens is 1. The van der Waals surface area contributed by atoms with Crippen LogP contribution in [0.15, 0.2) is 60.0 Å². The van der Waals surface area contributed by atoms with Gasteiger partial charge in [0.05, 0.1) is 23.3 Å². The van der Waals surface area contributed by atoms with E-state index in [2.05, 4.69) is 67.4 Å². The molecular formula is C34H39N7O. The molecule has 1 saturated heterocycles. The predicted molar refractivity (Wildman–Crippen MR) is 170 cm³/mol. The number of piperazine rings is 1. The Kier molecular flexibility index (Phi) is 7.46. The number of nitrogens with one attached hydrogen (secondary N) is 2. The standard InChI is InChI=1S/C34H39N7O/c1-40-13-15-41(16-14-40)31-10-12-37-34-29(31)20-30(39-34)33-28-19-25(8-7-24(28)9-11-36-33)26-18-27(22-35-21-26)38-32(42)17-23-5-3-2-4-6-23/h7-8,10,12,18-23H,2-6,9,11,13-17H2,1H3,(H,37,39)(H,38,42). The summed E-state index contributed by atoms with van der Waals surface area (Å²) in [6.07, 6.45) is 13.1. The van der Waals surface area contributed by atoms with Crippen molar-refractivity contribution in [1.82, 2.24) is 19.9 Å². The second-order valence-electron chi connectivity index (χ2n) is 12.1. The molecule has 5 heterocycles. The van der Waals surface area contributed by atoms with Gasteiger partial charge in [-0.15, -0.1) is 0 Å². The van der Waals surface area contributed by atoms with E-state index in [-0.39, 0.29) is 5.91 Å². The monoisotopic (exact) mass is 561 g/mol. The SMILES string of the molecule is CN1CCN(c2ccnc3[nH]c(C4=NCCc5ccc(-c6cncc(NC(=O)CC7CCCCC7)c6)cc54)cc23)CC1. The smallest absolute Gasteiger partial charge is 0.224 e. The Morgan fingerprint density at radius 3 is 2.71 bits per heavy atom. The van der Waals surface area contributed by atoms with Gasteiger partial charge in [0.2, 0.25) is 5.91 Å². The van der Waals surface area contributed by atoms with Crippen LogP contribution in [0, 0.1) is 5.92 Å². The number of likely N-dealkylation sites (N-methyl/N-ethyl adjacent to an activating group) is 1. The zero-order chi connectivity index (χ0) is 28.5. The highest BCUT2D eigenvalue weighted by Gasteiger charge is 2.22. The van der Waals surface area contributed by atoms with Crippen molar-refractivity contribution in [3.05, 3.63) is 71.8 Å². The van der Waals surface area contributed by atoms with Crippen LogP contribution in [0.4, 0.5) is 11.4 Å². The maximum absolute atomic E-state index is 12.8. The number of aromatic nitrogens is 3. The average molecular weight is 562 g/mol. The van der Waals surface area contributed by atoms with E-state index in [4.69, 9.17) is 4.99 Å². The highest BCUT2D eigenvalue weighted by molar-refractivity contribution is 6.16. The van der Waals surface area contributed by atoms with Gasteiger partial charge in [0.15, 0.2) is 0 Å². The van der Waals surface area contributed by atoms with Gasteiger partial charge in [-0.3, -0.25) is 14.8 Å². The van der Waals surface area contributed by atoms with Crippen LogP contribution in [0.2, 0.25) is 0 Å². The van der Waals surface area contributed by atoms with Crippen molar-refractivity contribution in [1.29, 1.82) is 0 Å². The van der Waals surface area contributed by atoms with E-state index < -0.39 is 0 Å². The first-order valence-corrected chi connectivity index (χ1v) is 15.5. The molecule has 0 unspecified atom stereocenters. The largest absolute Gasteiger partial charge is 0.368 e. The van der Waals surface area contributed by atoms with Gasteiger partial charge < -0.3 is 20.1 Å². The lowest BCUT2D eigenvalue weighted by molar-refractivity contribution is -0.117. The minimum absolute atomic E-state index is 0.0871. The fraction of sp³-hybridized carbons (Fsp3) is 0.412. The number of fused-ring (bicyclic) bond motifs is 2. The van der Waals surface area contributed by atoms with Crippen molar-refractivity contribution in [3.8, 4) is 11.1 Å². The number of amides is 1. The van der Waals surface area contributed by atoms with Crippen LogP contribution in [0.3, 0.4) is 0 Å². The summed E-state index contributed by atoms with van der Waals surface area (Å²) in [4.78, 5) is 35.3. The number of carbonyl (C=O) groups is 1. The van der Waals surface area contributed by atoms with Crippen molar-refractivity contribution in [3.63, 3.8) is 0 Å². The van der Waals surface area contributed by atoms with Crippen molar-refractivity contribution in [2.75, 3.05) is 50.0 Å². The molecule has 1 aromatic carbocycles. The first kappa shape index (κ1) is 26.8. The van der Waals surface area contributed by atoms with Gasteiger partial charge in [0, 0.05) is 73.7 Å². The molecule has 3 aromatic heterocycles. The molecule has 2 fully saturated rings. The van der Waals surface area contributed by atoms with Crippen LogP contribution < -0.4 is 10.2 Å². The van der Waals surface area contributed by atoms with E-state index >= 15 is 0 Å². The number of aliphatic imine (C=N–C) groups is 1. The van der Waals surface area contributed by atoms with Crippen molar-refractivity contribution >= 4 is 34.0 Å². The molecule has 2 N–H and O–H groups in total. The molecule has 8 heteroatoms. The minimum Gasteiger partial charge on any atom is -0.368 e. The lowest BCUT2D eigenvalue weighted by Crippen LogP contribution is -2.44. The van der Waals surface area contributed by atoms with E-state index in [1.165, 1.54) is 30.5 Å². The second kappa shape index (κ2) is 11.7. The third kappa shape index (κ3) is 5.55. The number of pyridine rings is 2. The molecule has 7 rings (SSSR count). The first-order valence-electron chi connectivity index (χ1n) is 15.5. The highest BCUT2D eigenvalue weighted by atomic mass is 16.1. The van der Waals surface area contributed by atoms with Gasteiger partial charge in [-0.2, -0.15) is 0 Å². The molecular weight excluding hydrogens is 522 g/mol. The number of carbonyl (C=O) groups excluding carboxylic acids is 1. The Bertz CT molecular complexity index is 1630. The Balaban J connectivity index is 1.15. The molecule has 0 spiro atoms. The summed E-state index contributed by atoms with van der Waals surface area (Å²) < 4.78 is 0. The van der Waals surface area contributed by atoms with Crippen LogP contribution >= 0.6 is 0 Å². The maximum atomic E-state index is 12.8. The van der Waals surface area contributed by atoms with Gasteiger partial charge in [-0.25, -0.2) is 4.98 Å². The quantitative estimate of drug-likeness (QED) is 0.316. The number of rotatable bonds is 6. The molecule has 42 heavy (non-hydrogen) atoms. The minimum atomic E-state index is 0.0871. The molecule has 0 radical (unpaired) electrons. The highest BCUT2D eigenvalue weighted by Crippen LogP contribution is 2.32. The van der Waals surface area contributed by atoms with E-state index in [1.54, 1.807) is 6.20 Å². The van der Waals surface area contributed by atoms with E-state index in [9.17, 15) is 4.79 Å². The van der Waals surface area contributed by atoms with Crippen LogP contribution in [0.1, 0.15) is 55.3 Å². The molecule has 0 bridgehead atoms. The lowest BCUT2D eigenvalue weighted by atomic mass is 9.87. The molecule has 8 nitrogen and oxygen atoms in total. The van der Waals surface area contributed by atoms with Crippen LogP contribution in [0.5, 0.6) is 0 Å². The summed E-state index contributed by atoms with van der Waals surface area (Å²) >= 11 is 0. The molecule has 0 atom stereocenters. The summed E-state index contributed by atoms with van der Waals surface area (Å²) in [5, 5.41) is 4.24. The fourth-order valence-corrected chi connectivity index (χ4v) is 6.79.